The van der Waals surface area contributed by atoms with Gasteiger partial charge >= 0.3 is 0 Å². The van der Waals surface area contributed by atoms with Gasteiger partial charge in [0.15, 0.2) is 0 Å². The molecule has 2 aromatic rings. The number of benzene rings is 2. The number of aliphatic hydroxyl groups excluding tert-OH is 1. The fraction of sp³-hybridized carbons (Fsp3) is 0.424. The standard InChI is InChI=1S/C33H42ClFN4O5/c1-4-9-39(10-5-2)31(42)24-15-23(30(36)41)17-33(18-24,32(37)43)28(14-22-11-25(34)16-26(35)12-22)29(40)20-38-19-21-7-6-8-27(13-21)44-3/h6-8,11-13,15-17,28-29,38,40H,4-5,9-10,14,18-20H2,1-3H3,(H2,36,41)(H2,37,43)/t28-,29+,33?/m1/s1. The van der Waals surface area contributed by atoms with Gasteiger partial charge in [-0.25, -0.2) is 4.39 Å². The summed E-state index contributed by atoms with van der Waals surface area (Å²) in [6.45, 7) is 5.22. The van der Waals surface area contributed by atoms with Gasteiger partial charge in [0.25, 0.3) is 0 Å². The molecule has 0 radical (unpaired) electrons. The number of aliphatic hydroxyl groups is 1. The SMILES string of the molecule is CCCN(CCC)C(=O)C1=CC(C(N)=O)=CC(C(N)=O)([C@H](Cc2cc(F)cc(Cl)c2)[C@@H](O)CNCc2cccc(OC)c2)C1. The predicted octanol–water partition coefficient (Wildman–Crippen LogP) is 3.66. The highest BCUT2D eigenvalue weighted by molar-refractivity contribution is 6.30. The molecule has 0 saturated heterocycles. The summed E-state index contributed by atoms with van der Waals surface area (Å²) >= 11 is 6.15. The lowest BCUT2D eigenvalue weighted by atomic mass is 9.63. The Morgan fingerprint density at radius 2 is 1.82 bits per heavy atom. The van der Waals surface area contributed by atoms with Crippen LogP contribution < -0.4 is 21.5 Å². The van der Waals surface area contributed by atoms with Gasteiger partial charge in [0, 0.05) is 48.3 Å². The van der Waals surface area contributed by atoms with E-state index in [0.717, 1.165) is 11.6 Å². The molecule has 0 bridgehead atoms. The first kappa shape index (κ1) is 34.8. The number of nitrogens with zero attached hydrogens (tertiary/aromatic N) is 1. The van der Waals surface area contributed by atoms with E-state index in [1.54, 1.807) is 12.0 Å². The number of methoxy groups -OCH3 is 1. The van der Waals surface area contributed by atoms with E-state index >= 15 is 0 Å². The fourth-order valence-corrected chi connectivity index (χ4v) is 6.02. The Bertz CT molecular complexity index is 1390. The molecule has 3 rings (SSSR count). The molecule has 6 N–H and O–H groups in total. The highest BCUT2D eigenvalue weighted by Crippen LogP contribution is 2.44. The molecule has 0 heterocycles. The molecule has 3 atom stereocenters. The Morgan fingerprint density at radius 1 is 1.11 bits per heavy atom. The largest absolute Gasteiger partial charge is 0.497 e. The maximum absolute atomic E-state index is 14.4. The van der Waals surface area contributed by atoms with Gasteiger partial charge in [-0.15, -0.1) is 0 Å². The van der Waals surface area contributed by atoms with Gasteiger partial charge in [0.05, 0.1) is 18.6 Å². The number of hydrogen-bond donors (Lipinski definition) is 4. The third kappa shape index (κ3) is 8.68. The number of carbonyl (C=O) groups excluding carboxylic acids is 3. The topological polar surface area (TPSA) is 148 Å². The summed E-state index contributed by atoms with van der Waals surface area (Å²) in [7, 11) is 1.57. The van der Waals surface area contributed by atoms with Crippen LogP contribution in [0.1, 0.15) is 44.2 Å². The van der Waals surface area contributed by atoms with Crippen LogP contribution in [0.4, 0.5) is 4.39 Å². The minimum Gasteiger partial charge on any atom is -0.497 e. The molecule has 0 fully saturated rings. The van der Waals surface area contributed by atoms with Crippen LogP contribution in [0, 0.1) is 17.2 Å². The second kappa shape index (κ2) is 15.8. The smallest absolute Gasteiger partial charge is 0.249 e. The number of rotatable bonds is 16. The van der Waals surface area contributed by atoms with Crippen molar-refractivity contribution in [2.45, 2.75) is 52.2 Å². The van der Waals surface area contributed by atoms with Crippen LogP contribution in [0.2, 0.25) is 5.02 Å². The van der Waals surface area contributed by atoms with Gasteiger partial charge < -0.3 is 31.5 Å². The molecule has 0 aromatic heterocycles. The van der Waals surface area contributed by atoms with Gasteiger partial charge in [-0.1, -0.05) is 43.7 Å². The Labute approximate surface area is 263 Å². The molecular weight excluding hydrogens is 587 g/mol. The van der Waals surface area contributed by atoms with Crippen molar-refractivity contribution in [2.24, 2.45) is 22.8 Å². The van der Waals surface area contributed by atoms with Gasteiger partial charge in [0.1, 0.15) is 11.6 Å². The average molecular weight is 629 g/mol. The van der Waals surface area contributed by atoms with Gasteiger partial charge in [-0.05, 0) is 73.2 Å². The van der Waals surface area contributed by atoms with E-state index in [2.05, 4.69) is 5.32 Å². The maximum atomic E-state index is 14.4. The molecule has 3 amide bonds. The number of halogens is 2. The summed E-state index contributed by atoms with van der Waals surface area (Å²) in [5, 5.41) is 15.0. The first-order chi connectivity index (χ1) is 20.9. The number of amides is 3. The van der Waals surface area contributed by atoms with Crippen molar-refractivity contribution in [1.29, 1.82) is 0 Å². The second-order valence-electron chi connectivity index (χ2n) is 11.1. The summed E-state index contributed by atoms with van der Waals surface area (Å²) in [6.07, 6.45) is 2.71. The zero-order valence-corrected chi connectivity index (χ0v) is 26.2. The molecule has 2 aromatic carbocycles. The average Bonchev–Trinajstić information content (AvgIpc) is 2.98. The highest BCUT2D eigenvalue weighted by atomic mass is 35.5. The minimum absolute atomic E-state index is 0.00445. The van der Waals surface area contributed by atoms with E-state index in [-0.39, 0.29) is 41.5 Å². The number of hydrogen-bond acceptors (Lipinski definition) is 6. The van der Waals surface area contributed by atoms with Crippen molar-refractivity contribution in [3.63, 3.8) is 0 Å². The first-order valence-electron chi connectivity index (χ1n) is 14.7. The van der Waals surface area contributed by atoms with Gasteiger partial charge in [-0.2, -0.15) is 0 Å². The van der Waals surface area contributed by atoms with E-state index in [0.29, 0.717) is 43.8 Å². The zero-order valence-electron chi connectivity index (χ0n) is 25.4. The van der Waals surface area contributed by atoms with Crippen LogP contribution in [0.5, 0.6) is 5.75 Å². The lowest BCUT2D eigenvalue weighted by Gasteiger charge is -2.42. The van der Waals surface area contributed by atoms with Crippen LogP contribution in [-0.4, -0.2) is 60.6 Å². The molecule has 11 heteroatoms. The Hall–Kier alpha value is -3.73. The lowest BCUT2D eigenvalue weighted by Crippen LogP contribution is -2.52. The molecule has 44 heavy (non-hydrogen) atoms. The van der Waals surface area contributed by atoms with Crippen LogP contribution in [-0.2, 0) is 27.3 Å². The molecule has 1 aliphatic rings. The molecule has 9 nitrogen and oxygen atoms in total. The Kier molecular flexibility index (Phi) is 12.5. The quantitative estimate of drug-likeness (QED) is 0.223. The Morgan fingerprint density at radius 3 is 2.41 bits per heavy atom. The number of ether oxygens (including phenoxy) is 1. The van der Waals surface area contributed by atoms with Gasteiger partial charge in [0.2, 0.25) is 17.7 Å². The number of nitrogens with two attached hydrogens (primary N) is 2. The third-order valence-corrected chi connectivity index (χ3v) is 8.06. The molecule has 0 saturated carbocycles. The van der Waals surface area contributed by atoms with E-state index in [1.807, 2.05) is 38.1 Å². The lowest BCUT2D eigenvalue weighted by molar-refractivity contribution is -0.132. The van der Waals surface area contributed by atoms with Crippen molar-refractivity contribution >= 4 is 29.3 Å². The maximum Gasteiger partial charge on any atom is 0.249 e. The van der Waals surface area contributed by atoms with E-state index < -0.39 is 35.1 Å². The Balaban J connectivity index is 2.06. The molecular formula is C33H42ClFN4O5. The van der Waals surface area contributed by atoms with Crippen LogP contribution in [0.15, 0.2) is 65.8 Å². The van der Waals surface area contributed by atoms with Crippen LogP contribution >= 0.6 is 11.6 Å². The van der Waals surface area contributed by atoms with Crippen molar-refractivity contribution in [3.8, 4) is 5.75 Å². The van der Waals surface area contributed by atoms with Crippen molar-refractivity contribution in [3.05, 3.63) is 87.7 Å². The van der Waals surface area contributed by atoms with Crippen molar-refractivity contribution < 1.29 is 28.6 Å². The van der Waals surface area contributed by atoms with Crippen LogP contribution in [0.3, 0.4) is 0 Å². The van der Waals surface area contributed by atoms with E-state index in [4.69, 9.17) is 27.8 Å². The molecule has 0 aliphatic heterocycles. The van der Waals surface area contributed by atoms with E-state index in [9.17, 15) is 23.9 Å². The zero-order chi connectivity index (χ0) is 32.4. The summed E-state index contributed by atoms with van der Waals surface area (Å²) in [6, 6.07) is 11.3. The monoisotopic (exact) mass is 628 g/mol. The fourth-order valence-electron chi connectivity index (χ4n) is 5.77. The number of primary amides is 2. The minimum atomic E-state index is -1.72. The number of carbonyl (C=O) groups is 3. The van der Waals surface area contributed by atoms with E-state index in [1.165, 1.54) is 24.3 Å². The van der Waals surface area contributed by atoms with Gasteiger partial charge in [-0.3, -0.25) is 14.4 Å². The molecule has 1 unspecified atom stereocenters. The summed E-state index contributed by atoms with van der Waals surface area (Å²) < 4.78 is 19.7. The second-order valence-corrected chi connectivity index (χ2v) is 11.6. The first-order valence-corrected chi connectivity index (χ1v) is 15.1. The molecule has 1 aliphatic carbocycles. The third-order valence-electron chi connectivity index (χ3n) is 7.84. The van der Waals surface area contributed by atoms with Crippen molar-refractivity contribution in [2.75, 3.05) is 26.7 Å². The molecule has 0 spiro atoms. The number of nitrogens with one attached hydrogen (secondary N) is 1. The molecule has 238 valence electrons. The van der Waals surface area contributed by atoms with Crippen LogP contribution in [0.25, 0.3) is 0 Å². The summed E-state index contributed by atoms with van der Waals surface area (Å²) in [5.74, 6) is -2.97. The van der Waals surface area contributed by atoms with Crippen molar-refractivity contribution in [1.82, 2.24) is 10.2 Å². The summed E-state index contributed by atoms with van der Waals surface area (Å²) in [5.41, 5.74) is 11.5. The normalized spacial score (nSPS) is 17.7. The predicted molar refractivity (Wildman–Crippen MR) is 168 cm³/mol. The highest BCUT2D eigenvalue weighted by Gasteiger charge is 2.49. The summed E-state index contributed by atoms with van der Waals surface area (Å²) in [4.78, 5) is 41.5.